The van der Waals surface area contributed by atoms with Crippen LogP contribution < -0.4 is 5.73 Å². The van der Waals surface area contributed by atoms with Gasteiger partial charge in [0, 0.05) is 25.4 Å². The summed E-state index contributed by atoms with van der Waals surface area (Å²) >= 11 is 1.59. The summed E-state index contributed by atoms with van der Waals surface area (Å²) < 4.78 is 5.74. The minimum Gasteiger partial charge on any atom is -0.480 e. The average molecular weight is 334 g/mol. The summed E-state index contributed by atoms with van der Waals surface area (Å²) in [7, 11) is 0. The first-order chi connectivity index (χ1) is 11.0. The summed E-state index contributed by atoms with van der Waals surface area (Å²) in [5, 5.41) is 11.2. The Morgan fingerprint density at radius 1 is 1.39 bits per heavy atom. The van der Waals surface area contributed by atoms with Crippen LogP contribution in [0.5, 0.6) is 0 Å². The standard InChI is InChI=1S/C16H18N2O4S/c17-10-8-12(16(20)21)18(9-10)15(19)6-4-11-3-5-13(22-11)14-2-1-7-23-14/h1-3,5,7,10,12H,4,6,8-9,17H2,(H,20,21)/t10-,12-/m0/s1. The number of rotatable bonds is 5. The normalized spacial score (nSPS) is 20.8. The van der Waals surface area contributed by atoms with Crippen molar-refractivity contribution in [2.24, 2.45) is 5.73 Å². The first-order valence-corrected chi connectivity index (χ1v) is 8.33. The Hall–Kier alpha value is -2.12. The molecule has 2 aromatic rings. The minimum absolute atomic E-state index is 0.195. The molecule has 2 atom stereocenters. The number of aryl methyl sites for hydroxylation is 1. The topological polar surface area (TPSA) is 96.8 Å². The fraction of sp³-hybridized carbons (Fsp3) is 0.375. The number of nitrogens with zero attached hydrogens (tertiary/aromatic N) is 1. The van der Waals surface area contributed by atoms with Crippen molar-refractivity contribution in [3.05, 3.63) is 35.4 Å². The minimum atomic E-state index is -0.996. The van der Waals surface area contributed by atoms with Crippen molar-refractivity contribution in [2.75, 3.05) is 6.54 Å². The highest BCUT2D eigenvalue weighted by molar-refractivity contribution is 7.13. The first-order valence-electron chi connectivity index (χ1n) is 7.45. The van der Waals surface area contributed by atoms with Crippen molar-refractivity contribution in [1.29, 1.82) is 0 Å². The van der Waals surface area contributed by atoms with E-state index in [2.05, 4.69) is 0 Å². The van der Waals surface area contributed by atoms with E-state index in [4.69, 9.17) is 10.2 Å². The molecule has 0 unspecified atom stereocenters. The summed E-state index contributed by atoms with van der Waals surface area (Å²) in [6, 6.07) is 6.59. The van der Waals surface area contributed by atoms with Crippen molar-refractivity contribution in [3.8, 4) is 10.6 Å². The van der Waals surface area contributed by atoms with Crippen molar-refractivity contribution in [3.63, 3.8) is 0 Å². The number of carboxylic acid groups (broad SMARTS) is 1. The van der Waals surface area contributed by atoms with E-state index >= 15 is 0 Å². The van der Waals surface area contributed by atoms with Gasteiger partial charge in [-0.25, -0.2) is 4.79 Å². The lowest BCUT2D eigenvalue weighted by Gasteiger charge is -2.21. The Labute approximate surface area is 137 Å². The molecule has 2 aromatic heterocycles. The van der Waals surface area contributed by atoms with Crippen molar-refractivity contribution in [2.45, 2.75) is 31.3 Å². The molecule has 0 spiro atoms. The summed E-state index contributed by atoms with van der Waals surface area (Å²) in [6.45, 7) is 0.300. The highest BCUT2D eigenvalue weighted by Gasteiger charge is 2.37. The molecule has 0 aliphatic carbocycles. The number of carboxylic acids is 1. The van der Waals surface area contributed by atoms with Gasteiger partial charge in [0.1, 0.15) is 17.6 Å². The summed E-state index contributed by atoms with van der Waals surface area (Å²) in [5.41, 5.74) is 5.78. The number of hydrogen-bond acceptors (Lipinski definition) is 5. The molecule has 3 rings (SSSR count). The highest BCUT2D eigenvalue weighted by Crippen LogP contribution is 2.27. The van der Waals surface area contributed by atoms with E-state index in [-0.39, 0.29) is 18.4 Å². The fourth-order valence-electron chi connectivity index (χ4n) is 2.82. The van der Waals surface area contributed by atoms with Crippen molar-refractivity contribution >= 4 is 23.2 Å². The van der Waals surface area contributed by atoms with Gasteiger partial charge in [-0.2, -0.15) is 0 Å². The molecule has 1 aliphatic heterocycles. The quantitative estimate of drug-likeness (QED) is 0.871. The number of hydrogen-bond donors (Lipinski definition) is 2. The molecule has 7 heteroatoms. The molecule has 3 N–H and O–H groups in total. The van der Waals surface area contributed by atoms with E-state index in [0.717, 1.165) is 16.4 Å². The maximum atomic E-state index is 12.3. The SMILES string of the molecule is N[C@H]1C[C@@H](C(=O)O)N(C(=O)CCc2ccc(-c3cccs3)o2)C1. The van der Waals surface area contributed by atoms with Gasteiger partial charge in [-0.3, -0.25) is 4.79 Å². The van der Waals surface area contributed by atoms with Crippen LogP contribution in [0.4, 0.5) is 0 Å². The molecule has 0 aromatic carbocycles. The third-order valence-electron chi connectivity index (χ3n) is 3.95. The Bertz CT molecular complexity index is 695. The average Bonchev–Trinajstić information content (AvgIpc) is 3.24. The van der Waals surface area contributed by atoms with E-state index in [1.54, 1.807) is 11.3 Å². The molecule has 6 nitrogen and oxygen atoms in total. The van der Waals surface area contributed by atoms with Crippen LogP contribution >= 0.6 is 11.3 Å². The summed E-state index contributed by atoms with van der Waals surface area (Å²) in [4.78, 5) is 25.9. The van der Waals surface area contributed by atoms with Crippen LogP contribution in [0, 0.1) is 0 Å². The van der Waals surface area contributed by atoms with Gasteiger partial charge in [0.25, 0.3) is 0 Å². The van der Waals surface area contributed by atoms with Crippen LogP contribution in [-0.2, 0) is 16.0 Å². The molecule has 1 saturated heterocycles. The number of thiophene rings is 1. The van der Waals surface area contributed by atoms with Gasteiger partial charge in [0.05, 0.1) is 4.88 Å². The lowest BCUT2D eigenvalue weighted by molar-refractivity contribution is -0.148. The van der Waals surface area contributed by atoms with E-state index in [1.807, 2.05) is 29.6 Å². The third-order valence-corrected chi connectivity index (χ3v) is 4.83. The third kappa shape index (κ3) is 3.46. The second-order valence-electron chi connectivity index (χ2n) is 5.64. The van der Waals surface area contributed by atoms with Crippen molar-refractivity contribution < 1.29 is 19.1 Å². The number of furan rings is 1. The molecule has 23 heavy (non-hydrogen) atoms. The van der Waals surface area contributed by atoms with Gasteiger partial charge in [-0.15, -0.1) is 11.3 Å². The fourth-order valence-corrected chi connectivity index (χ4v) is 3.50. The molecular weight excluding hydrogens is 316 g/mol. The lowest BCUT2D eigenvalue weighted by Crippen LogP contribution is -2.40. The van der Waals surface area contributed by atoms with Gasteiger partial charge in [-0.05, 0) is 30.0 Å². The van der Waals surface area contributed by atoms with E-state index in [1.165, 1.54) is 4.90 Å². The summed E-state index contributed by atoms with van der Waals surface area (Å²) in [6.07, 6.45) is 0.973. The number of carbonyl (C=O) groups is 2. The van der Waals surface area contributed by atoms with Gasteiger partial charge >= 0.3 is 5.97 Å². The molecule has 0 saturated carbocycles. The second kappa shape index (κ2) is 6.55. The zero-order valence-electron chi connectivity index (χ0n) is 12.5. The first kappa shape index (κ1) is 15.8. The van der Waals surface area contributed by atoms with Crippen LogP contribution in [0.2, 0.25) is 0 Å². The molecule has 0 radical (unpaired) electrons. The van der Waals surface area contributed by atoms with Crippen LogP contribution in [-0.4, -0.2) is 40.5 Å². The van der Waals surface area contributed by atoms with Gasteiger partial charge in [0.2, 0.25) is 5.91 Å². The zero-order chi connectivity index (χ0) is 16.4. The Balaban J connectivity index is 1.60. The number of likely N-dealkylation sites (tertiary alicyclic amines) is 1. The molecule has 1 amide bonds. The Morgan fingerprint density at radius 2 is 2.22 bits per heavy atom. The predicted molar refractivity (Wildman–Crippen MR) is 86.1 cm³/mol. The van der Waals surface area contributed by atoms with Crippen LogP contribution in [0.15, 0.2) is 34.1 Å². The van der Waals surface area contributed by atoms with Crippen molar-refractivity contribution in [1.82, 2.24) is 4.90 Å². The maximum absolute atomic E-state index is 12.3. The lowest BCUT2D eigenvalue weighted by atomic mass is 10.2. The maximum Gasteiger partial charge on any atom is 0.326 e. The molecule has 122 valence electrons. The number of nitrogens with two attached hydrogens (primary N) is 1. The van der Waals surface area contributed by atoms with Crippen LogP contribution in [0.3, 0.4) is 0 Å². The Kier molecular flexibility index (Phi) is 4.49. The molecule has 1 aliphatic rings. The van der Waals surface area contributed by atoms with E-state index in [0.29, 0.717) is 19.4 Å². The number of carbonyl (C=O) groups excluding carboxylic acids is 1. The molecule has 1 fully saturated rings. The van der Waals surface area contributed by atoms with Crippen LogP contribution in [0.1, 0.15) is 18.6 Å². The van der Waals surface area contributed by atoms with E-state index < -0.39 is 12.0 Å². The second-order valence-corrected chi connectivity index (χ2v) is 6.59. The largest absolute Gasteiger partial charge is 0.480 e. The van der Waals surface area contributed by atoms with E-state index in [9.17, 15) is 14.7 Å². The zero-order valence-corrected chi connectivity index (χ0v) is 13.3. The summed E-state index contributed by atoms with van der Waals surface area (Å²) in [5.74, 6) is 0.315. The molecular formula is C16H18N2O4S. The molecule has 0 bridgehead atoms. The molecule has 3 heterocycles. The number of aliphatic carboxylic acids is 1. The monoisotopic (exact) mass is 334 g/mol. The van der Waals surface area contributed by atoms with Gasteiger partial charge < -0.3 is 20.2 Å². The van der Waals surface area contributed by atoms with Gasteiger partial charge in [0.15, 0.2) is 0 Å². The predicted octanol–water partition coefficient (Wildman–Crippen LogP) is 1.95. The van der Waals surface area contributed by atoms with Crippen LogP contribution in [0.25, 0.3) is 10.6 Å². The van der Waals surface area contributed by atoms with Gasteiger partial charge in [-0.1, -0.05) is 6.07 Å². The Morgan fingerprint density at radius 3 is 2.91 bits per heavy atom. The smallest absolute Gasteiger partial charge is 0.326 e. The highest BCUT2D eigenvalue weighted by atomic mass is 32.1. The number of amides is 1.